The van der Waals surface area contributed by atoms with Crippen molar-refractivity contribution in [3.8, 4) is 0 Å². The van der Waals surface area contributed by atoms with Crippen molar-refractivity contribution in [2.24, 2.45) is 5.73 Å². The minimum Gasteiger partial charge on any atom is -0.367 e. The molecule has 0 saturated carbocycles. The Morgan fingerprint density at radius 2 is 1.92 bits per heavy atom. The lowest BCUT2D eigenvalue weighted by Gasteiger charge is -2.40. The number of hydrogen-bond donors (Lipinski definition) is 1. The molecule has 0 radical (unpaired) electrons. The van der Waals surface area contributed by atoms with Crippen molar-refractivity contribution in [3.05, 3.63) is 0 Å². The van der Waals surface area contributed by atoms with Gasteiger partial charge in [0.2, 0.25) is 5.91 Å². The summed E-state index contributed by atoms with van der Waals surface area (Å²) in [7, 11) is 0. The fraction of sp³-hybridized carbons (Fsp3) is 0.889. The van der Waals surface area contributed by atoms with Crippen molar-refractivity contribution in [1.82, 2.24) is 4.90 Å². The number of hydrogen-bond acceptors (Lipinski definition) is 2. The van der Waals surface area contributed by atoms with E-state index in [1.54, 1.807) is 0 Å². The average molecular weight is 205 g/mol. The van der Waals surface area contributed by atoms with Crippen molar-refractivity contribution < 1.29 is 4.79 Å². The molecule has 0 aromatic carbocycles. The van der Waals surface area contributed by atoms with E-state index in [0.717, 1.165) is 12.8 Å². The lowest BCUT2D eigenvalue weighted by Crippen LogP contribution is -2.52. The van der Waals surface area contributed by atoms with Gasteiger partial charge in [-0.05, 0) is 26.7 Å². The van der Waals surface area contributed by atoms with Crippen LogP contribution in [-0.2, 0) is 4.79 Å². The highest BCUT2D eigenvalue weighted by Gasteiger charge is 2.32. The van der Waals surface area contributed by atoms with Gasteiger partial charge in [0, 0.05) is 12.1 Å². The second kappa shape index (κ2) is 4.29. The maximum atomic E-state index is 10.9. The van der Waals surface area contributed by atoms with E-state index >= 15 is 0 Å². The zero-order chi connectivity index (χ0) is 10.0. The Kier molecular flexibility index (Phi) is 3.56. The molecule has 0 bridgehead atoms. The van der Waals surface area contributed by atoms with Gasteiger partial charge in [0.05, 0.1) is 0 Å². The van der Waals surface area contributed by atoms with Crippen LogP contribution < -0.4 is 5.73 Å². The van der Waals surface area contributed by atoms with E-state index in [4.69, 9.17) is 17.3 Å². The summed E-state index contributed by atoms with van der Waals surface area (Å²) >= 11 is 5.94. The smallest absolute Gasteiger partial charge is 0.250 e. The third-order valence-electron chi connectivity index (χ3n) is 2.76. The number of amides is 1. The molecule has 13 heavy (non-hydrogen) atoms. The molecular formula is C9H17ClN2O. The monoisotopic (exact) mass is 204 g/mol. The number of likely N-dealkylation sites (tertiary alicyclic amines) is 1. The van der Waals surface area contributed by atoms with Gasteiger partial charge in [0.25, 0.3) is 0 Å². The van der Waals surface area contributed by atoms with Crippen molar-refractivity contribution in [2.45, 2.75) is 50.7 Å². The molecule has 1 saturated heterocycles. The predicted molar refractivity (Wildman–Crippen MR) is 53.4 cm³/mol. The minimum absolute atomic E-state index is 0.360. The highest BCUT2D eigenvalue weighted by molar-refractivity contribution is 6.30. The quantitative estimate of drug-likeness (QED) is 0.545. The fourth-order valence-electron chi connectivity index (χ4n) is 2.04. The molecule has 1 rings (SSSR count). The number of rotatable bonds is 2. The molecule has 4 heteroatoms. The SMILES string of the molecule is CC1CCCC(C)N1C(Cl)C(N)=O. The number of nitrogens with two attached hydrogens (primary N) is 1. The van der Waals surface area contributed by atoms with Gasteiger partial charge in [-0.15, -0.1) is 0 Å². The first kappa shape index (κ1) is 10.8. The standard InChI is InChI=1S/C9H17ClN2O/c1-6-4-3-5-7(2)12(6)8(10)9(11)13/h6-8H,3-5H2,1-2H3,(H2,11,13). The van der Waals surface area contributed by atoms with Gasteiger partial charge < -0.3 is 5.73 Å². The summed E-state index contributed by atoms with van der Waals surface area (Å²) in [5.74, 6) is -0.442. The maximum absolute atomic E-state index is 10.9. The number of piperidine rings is 1. The Balaban J connectivity index is 2.67. The summed E-state index contributed by atoms with van der Waals surface area (Å²) in [4.78, 5) is 12.9. The van der Waals surface area contributed by atoms with Crippen LogP contribution in [0.25, 0.3) is 0 Å². The summed E-state index contributed by atoms with van der Waals surface area (Å²) in [5.41, 5.74) is 4.53. The zero-order valence-corrected chi connectivity index (χ0v) is 8.92. The van der Waals surface area contributed by atoms with Gasteiger partial charge in [-0.3, -0.25) is 9.69 Å². The first-order valence-corrected chi connectivity index (χ1v) is 5.18. The molecule has 3 atom stereocenters. The summed E-state index contributed by atoms with van der Waals surface area (Å²) in [6.07, 6.45) is 3.41. The molecule has 1 heterocycles. The Morgan fingerprint density at radius 1 is 1.46 bits per heavy atom. The maximum Gasteiger partial charge on any atom is 0.250 e. The number of nitrogens with zero attached hydrogens (tertiary/aromatic N) is 1. The molecule has 0 aliphatic carbocycles. The van der Waals surface area contributed by atoms with E-state index in [0.29, 0.717) is 12.1 Å². The van der Waals surface area contributed by atoms with E-state index in [9.17, 15) is 4.79 Å². The summed E-state index contributed by atoms with van der Waals surface area (Å²) < 4.78 is 0. The summed E-state index contributed by atoms with van der Waals surface area (Å²) in [6.45, 7) is 4.18. The van der Waals surface area contributed by atoms with Crippen LogP contribution in [0.1, 0.15) is 33.1 Å². The van der Waals surface area contributed by atoms with Crippen LogP contribution in [0.15, 0.2) is 0 Å². The van der Waals surface area contributed by atoms with Crippen molar-refractivity contribution in [2.75, 3.05) is 0 Å². The molecule has 0 spiro atoms. The van der Waals surface area contributed by atoms with Crippen LogP contribution in [0.3, 0.4) is 0 Å². The second-order valence-electron chi connectivity index (χ2n) is 3.81. The van der Waals surface area contributed by atoms with Gasteiger partial charge in [-0.2, -0.15) is 0 Å². The highest BCUT2D eigenvalue weighted by Crippen LogP contribution is 2.25. The van der Waals surface area contributed by atoms with Gasteiger partial charge in [-0.1, -0.05) is 18.0 Å². The zero-order valence-electron chi connectivity index (χ0n) is 8.16. The molecule has 1 amide bonds. The van der Waals surface area contributed by atoms with Crippen LogP contribution in [0, 0.1) is 0 Å². The molecular weight excluding hydrogens is 188 g/mol. The Hall–Kier alpha value is -0.280. The van der Waals surface area contributed by atoms with Gasteiger partial charge in [-0.25, -0.2) is 0 Å². The van der Waals surface area contributed by atoms with E-state index in [1.165, 1.54) is 6.42 Å². The van der Waals surface area contributed by atoms with Crippen LogP contribution in [0.5, 0.6) is 0 Å². The summed E-state index contributed by atoms with van der Waals surface area (Å²) in [6, 6.07) is 0.720. The van der Waals surface area contributed by atoms with Crippen molar-refractivity contribution in [3.63, 3.8) is 0 Å². The molecule has 3 nitrogen and oxygen atoms in total. The fourth-order valence-corrected chi connectivity index (χ4v) is 2.42. The molecule has 0 aromatic rings. The van der Waals surface area contributed by atoms with Gasteiger partial charge in [0.15, 0.2) is 5.50 Å². The summed E-state index contributed by atoms with van der Waals surface area (Å²) in [5, 5.41) is 0. The van der Waals surface area contributed by atoms with E-state index in [2.05, 4.69) is 13.8 Å². The highest BCUT2D eigenvalue weighted by atomic mass is 35.5. The Morgan fingerprint density at radius 3 is 2.31 bits per heavy atom. The second-order valence-corrected chi connectivity index (χ2v) is 4.23. The average Bonchev–Trinajstić information content (AvgIpc) is 2.03. The third-order valence-corrected chi connectivity index (χ3v) is 3.20. The first-order chi connectivity index (χ1) is 6.04. The first-order valence-electron chi connectivity index (χ1n) is 4.75. The van der Waals surface area contributed by atoms with Crippen LogP contribution in [-0.4, -0.2) is 28.4 Å². The normalized spacial score (nSPS) is 32.8. The lowest BCUT2D eigenvalue weighted by atomic mass is 9.97. The number of alkyl halides is 1. The molecule has 1 aliphatic heterocycles. The molecule has 1 fully saturated rings. The van der Waals surface area contributed by atoms with Crippen LogP contribution in [0.2, 0.25) is 0 Å². The van der Waals surface area contributed by atoms with Crippen molar-refractivity contribution >= 4 is 17.5 Å². The number of carbonyl (C=O) groups excluding carboxylic acids is 1. The van der Waals surface area contributed by atoms with E-state index in [-0.39, 0.29) is 0 Å². The number of halogens is 1. The lowest BCUT2D eigenvalue weighted by molar-refractivity contribution is -0.122. The minimum atomic E-state index is -0.648. The molecule has 1 aliphatic rings. The topological polar surface area (TPSA) is 46.3 Å². The largest absolute Gasteiger partial charge is 0.367 e. The van der Waals surface area contributed by atoms with Gasteiger partial charge in [0.1, 0.15) is 0 Å². The van der Waals surface area contributed by atoms with Gasteiger partial charge >= 0.3 is 0 Å². The number of primary amides is 1. The third kappa shape index (κ3) is 2.35. The molecule has 0 aromatic heterocycles. The Bertz CT molecular complexity index is 188. The predicted octanol–water partition coefficient (Wildman–Crippen LogP) is 1.30. The Labute approximate surface area is 84.2 Å². The van der Waals surface area contributed by atoms with Crippen LogP contribution in [0.4, 0.5) is 0 Å². The van der Waals surface area contributed by atoms with Crippen molar-refractivity contribution in [1.29, 1.82) is 0 Å². The molecule has 3 unspecified atom stereocenters. The van der Waals surface area contributed by atoms with E-state index in [1.807, 2.05) is 4.90 Å². The molecule has 2 N–H and O–H groups in total. The molecule has 76 valence electrons. The van der Waals surface area contributed by atoms with Crippen LogP contribution >= 0.6 is 11.6 Å². The number of carbonyl (C=O) groups is 1. The van der Waals surface area contributed by atoms with E-state index < -0.39 is 11.4 Å².